The van der Waals surface area contributed by atoms with Crippen molar-refractivity contribution >= 4 is 16.0 Å². The maximum Gasteiger partial charge on any atom is 0.280 e. The number of ether oxygens (including phenoxy) is 1. The van der Waals surface area contributed by atoms with Gasteiger partial charge in [0.05, 0.1) is 19.3 Å². The zero-order chi connectivity index (χ0) is 15.3. The number of hydrogen-bond donors (Lipinski definition) is 3. The summed E-state index contributed by atoms with van der Waals surface area (Å²) in [5.41, 5.74) is 5.71. The van der Waals surface area contributed by atoms with Crippen LogP contribution in [0.25, 0.3) is 0 Å². The highest BCUT2D eigenvalue weighted by Crippen LogP contribution is 2.27. The van der Waals surface area contributed by atoms with E-state index in [0.717, 1.165) is 32.1 Å². The minimum Gasteiger partial charge on any atom is -0.409 e. The SMILES string of the molecule is N/C(=N\O)C(NS(=O)(=O)N1CCOCC1)C1CCCCC1. The molecule has 4 N–H and O–H groups in total. The minimum atomic E-state index is -3.66. The topological polar surface area (TPSA) is 117 Å². The van der Waals surface area contributed by atoms with E-state index in [-0.39, 0.29) is 11.8 Å². The molecule has 0 amide bonds. The number of oxime groups is 1. The Labute approximate surface area is 125 Å². The number of nitrogens with one attached hydrogen (secondary N) is 1. The fourth-order valence-corrected chi connectivity index (χ4v) is 4.36. The molecule has 2 rings (SSSR count). The molecule has 1 saturated carbocycles. The van der Waals surface area contributed by atoms with Gasteiger partial charge in [0.15, 0.2) is 5.84 Å². The van der Waals surface area contributed by atoms with Crippen molar-refractivity contribution in [2.24, 2.45) is 16.8 Å². The third kappa shape index (κ3) is 4.29. The lowest BCUT2D eigenvalue weighted by atomic mass is 9.84. The van der Waals surface area contributed by atoms with Crippen LogP contribution >= 0.6 is 0 Å². The van der Waals surface area contributed by atoms with Crippen molar-refractivity contribution in [3.05, 3.63) is 0 Å². The maximum absolute atomic E-state index is 12.4. The van der Waals surface area contributed by atoms with E-state index in [0.29, 0.717) is 26.3 Å². The molecule has 8 nitrogen and oxygen atoms in total. The molecule has 0 aromatic rings. The van der Waals surface area contributed by atoms with Gasteiger partial charge in [-0.05, 0) is 18.8 Å². The lowest BCUT2D eigenvalue weighted by Crippen LogP contribution is -2.55. The van der Waals surface area contributed by atoms with Gasteiger partial charge in [-0.25, -0.2) is 0 Å². The van der Waals surface area contributed by atoms with Crippen LogP contribution in [0.4, 0.5) is 0 Å². The average molecular weight is 320 g/mol. The molecular formula is C12H24N4O4S. The predicted molar refractivity (Wildman–Crippen MR) is 78.2 cm³/mol. The van der Waals surface area contributed by atoms with E-state index in [2.05, 4.69) is 9.88 Å². The predicted octanol–water partition coefficient (Wildman–Crippen LogP) is -0.152. The molecule has 0 spiro atoms. The highest BCUT2D eigenvalue weighted by molar-refractivity contribution is 7.87. The Bertz CT molecular complexity index is 456. The van der Waals surface area contributed by atoms with Crippen molar-refractivity contribution < 1.29 is 18.4 Å². The Kier molecular flexibility index (Phi) is 5.80. The number of amidine groups is 1. The number of nitrogens with two attached hydrogens (primary N) is 1. The molecular weight excluding hydrogens is 296 g/mol. The van der Waals surface area contributed by atoms with Gasteiger partial charge in [-0.3, -0.25) is 0 Å². The van der Waals surface area contributed by atoms with Crippen molar-refractivity contribution in [2.75, 3.05) is 26.3 Å². The zero-order valence-corrected chi connectivity index (χ0v) is 12.9. The molecule has 0 aromatic carbocycles. The third-order valence-corrected chi connectivity index (χ3v) is 5.74. The van der Waals surface area contributed by atoms with E-state index in [1.165, 1.54) is 4.31 Å². The second-order valence-corrected chi connectivity index (χ2v) is 7.24. The first-order chi connectivity index (χ1) is 10.0. The second kappa shape index (κ2) is 7.39. The highest BCUT2D eigenvalue weighted by Gasteiger charge is 2.33. The summed E-state index contributed by atoms with van der Waals surface area (Å²) in [5, 5.41) is 12.0. The van der Waals surface area contributed by atoms with Gasteiger partial charge >= 0.3 is 0 Å². The smallest absolute Gasteiger partial charge is 0.280 e. The van der Waals surface area contributed by atoms with E-state index in [4.69, 9.17) is 15.7 Å². The second-order valence-electron chi connectivity index (χ2n) is 5.53. The fourth-order valence-electron chi connectivity index (χ4n) is 2.95. The molecule has 1 saturated heterocycles. The first-order valence-corrected chi connectivity index (χ1v) is 8.81. The van der Waals surface area contributed by atoms with Gasteiger partial charge in [0.25, 0.3) is 10.2 Å². The van der Waals surface area contributed by atoms with E-state index in [1.54, 1.807) is 0 Å². The van der Waals surface area contributed by atoms with Crippen LogP contribution < -0.4 is 10.5 Å². The molecule has 1 heterocycles. The zero-order valence-electron chi connectivity index (χ0n) is 12.1. The van der Waals surface area contributed by atoms with Gasteiger partial charge in [0.2, 0.25) is 0 Å². The first kappa shape index (κ1) is 16.5. The largest absolute Gasteiger partial charge is 0.409 e. The number of nitrogens with zero attached hydrogens (tertiary/aromatic N) is 2. The molecule has 1 aliphatic heterocycles. The van der Waals surface area contributed by atoms with Crippen LogP contribution in [-0.2, 0) is 14.9 Å². The maximum atomic E-state index is 12.4. The monoisotopic (exact) mass is 320 g/mol. The molecule has 0 bridgehead atoms. The standard InChI is InChI=1S/C12H24N4O4S/c13-12(14-17)11(10-4-2-1-3-5-10)15-21(18,19)16-6-8-20-9-7-16/h10-11,15,17H,1-9H2,(H2,13,14). The number of hydrogen-bond acceptors (Lipinski definition) is 5. The molecule has 9 heteroatoms. The molecule has 122 valence electrons. The van der Waals surface area contributed by atoms with E-state index < -0.39 is 16.3 Å². The summed E-state index contributed by atoms with van der Waals surface area (Å²) >= 11 is 0. The molecule has 1 aliphatic carbocycles. The van der Waals surface area contributed by atoms with E-state index in [1.807, 2.05) is 0 Å². The van der Waals surface area contributed by atoms with Gasteiger partial charge in [0.1, 0.15) is 0 Å². The van der Waals surface area contributed by atoms with Crippen molar-refractivity contribution in [3.8, 4) is 0 Å². The third-order valence-electron chi connectivity index (χ3n) is 4.14. The fraction of sp³-hybridized carbons (Fsp3) is 0.917. The Hall–Kier alpha value is -0.900. The summed E-state index contributed by atoms with van der Waals surface area (Å²) in [6.45, 7) is 1.42. The Morgan fingerprint density at radius 3 is 2.48 bits per heavy atom. The van der Waals surface area contributed by atoms with Crippen molar-refractivity contribution in [1.29, 1.82) is 0 Å². The molecule has 2 aliphatic rings. The lowest BCUT2D eigenvalue weighted by molar-refractivity contribution is 0.0722. The number of rotatable bonds is 5. The van der Waals surface area contributed by atoms with Crippen LogP contribution in [0.2, 0.25) is 0 Å². The molecule has 21 heavy (non-hydrogen) atoms. The van der Waals surface area contributed by atoms with Gasteiger partial charge in [-0.2, -0.15) is 17.4 Å². The van der Waals surface area contributed by atoms with Gasteiger partial charge in [-0.15, -0.1) is 0 Å². The van der Waals surface area contributed by atoms with Gasteiger partial charge in [-0.1, -0.05) is 24.4 Å². The molecule has 1 atom stereocenters. The van der Waals surface area contributed by atoms with Gasteiger partial charge in [0, 0.05) is 13.1 Å². The minimum absolute atomic E-state index is 0.0706. The molecule has 2 fully saturated rings. The van der Waals surface area contributed by atoms with Crippen molar-refractivity contribution in [3.63, 3.8) is 0 Å². The van der Waals surface area contributed by atoms with Crippen LogP contribution in [0.1, 0.15) is 32.1 Å². The quantitative estimate of drug-likeness (QED) is 0.282. The van der Waals surface area contributed by atoms with Crippen LogP contribution in [0, 0.1) is 5.92 Å². The average Bonchev–Trinajstić information content (AvgIpc) is 2.53. The van der Waals surface area contributed by atoms with E-state index >= 15 is 0 Å². The summed E-state index contributed by atoms with van der Waals surface area (Å²) in [6.07, 6.45) is 4.99. The van der Waals surface area contributed by atoms with Crippen LogP contribution in [0.15, 0.2) is 5.16 Å². The Balaban J connectivity index is 2.09. The summed E-state index contributed by atoms with van der Waals surface area (Å²) < 4.78 is 34.0. The van der Waals surface area contributed by atoms with Crippen molar-refractivity contribution in [1.82, 2.24) is 9.03 Å². The Morgan fingerprint density at radius 2 is 1.90 bits per heavy atom. The summed E-state index contributed by atoms with van der Waals surface area (Å²) in [7, 11) is -3.66. The summed E-state index contributed by atoms with van der Waals surface area (Å²) in [6, 6.07) is -0.650. The van der Waals surface area contributed by atoms with Gasteiger partial charge < -0.3 is 15.7 Å². The molecule has 0 radical (unpaired) electrons. The first-order valence-electron chi connectivity index (χ1n) is 7.37. The number of morpholine rings is 1. The summed E-state index contributed by atoms with van der Waals surface area (Å²) in [4.78, 5) is 0. The van der Waals surface area contributed by atoms with Crippen LogP contribution in [-0.4, -0.2) is 56.1 Å². The molecule has 0 aromatic heterocycles. The molecule has 1 unspecified atom stereocenters. The van der Waals surface area contributed by atoms with Crippen LogP contribution in [0.5, 0.6) is 0 Å². The van der Waals surface area contributed by atoms with E-state index in [9.17, 15) is 8.42 Å². The lowest BCUT2D eigenvalue weighted by Gasteiger charge is -2.33. The normalized spacial score (nSPS) is 24.9. The Morgan fingerprint density at radius 1 is 1.29 bits per heavy atom. The van der Waals surface area contributed by atoms with Crippen LogP contribution in [0.3, 0.4) is 0 Å². The van der Waals surface area contributed by atoms with Crippen molar-refractivity contribution in [2.45, 2.75) is 38.1 Å². The highest BCUT2D eigenvalue weighted by atomic mass is 32.2. The summed E-state index contributed by atoms with van der Waals surface area (Å²) in [5.74, 6) is 0.00389.